The summed E-state index contributed by atoms with van der Waals surface area (Å²) < 4.78 is 23.8. The molecule has 1 unspecified atom stereocenters. The number of benzene rings is 2. The predicted molar refractivity (Wildman–Crippen MR) is 112 cm³/mol. The standard InChI is InChI=1S/C24H23NO7/c1-2-12-29-20-18(25-21(26)15-10-6-7-11-16(15)22(25)27)23(28)31-17-13-30-24(32-19(17)20)14-8-4-3-5-9-14/h2-11,17-20,23-24,28H,1,12-13H2/t17-,18-,19-,20-,23-,24?/m1/s1. The van der Waals surface area contributed by atoms with Gasteiger partial charge in [-0.25, -0.2) is 0 Å². The molecule has 1 N–H and O–H groups in total. The first kappa shape index (κ1) is 21.0. The fraction of sp³-hybridized carbons (Fsp3) is 0.333. The van der Waals surface area contributed by atoms with E-state index in [9.17, 15) is 14.7 Å². The molecule has 8 heteroatoms. The van der Waals surface area contributed by atoms with E-state index in [1.165, 1.54) is 0 Å². The van der Waals surface area contributed by atoms with Crippen molar-refractivity contribution in [1.29, 1.82) is 0 Å². The zero-order valence-corrected chi connectivity index (χ0v) is 17.2. The molecule has 0 spiro atoms. The normalized spacial score (nSPS) is 31.8. The smallest absolute Gasteiger partial charge is 0.262 e. The van der Waals surface area contributed by atoms with E-state index in [2.05, 4.69) is 6.58 Å². The number of carbonyl (C=O) groups excluding carboxylic acids is 2. The van der Waals surface area contributed by atoms with Crippen LogP contribution in [-0.2, 0) is 18.9 Å². The largest absolute Gasteiger partial charge is 0.369 e. The number of hydrogen-bond donors (Lipinski definition) is 1. The first-order valence-corrected chi connectivity index (χ1v) is 10.4. The maximum absolute atomic E-state index is 13.1. The number of rotatable bonds is 5. The molecule has 6 atom stereocenters. The zero-order valence-electron chi connectivity index (χ0n) is 17.2. The molecule has 5 rings (SSSR count). The Balaban J connectivity index is 1.48. The van der Waals surface area contributed by atoms with Gasteiger partial charge in [0.05, 0.1) is 24.3 Å². The Labute approximate surface area is 184 Å². The van der Waals surface area contributed by atoms with E-state index in [-0.39, 0.29) is 24.3 Å². The molecule has 3 aliphatic heterocycles. The van der Waals surface area contributed by atoms with Crippen molar-refractivity contribution in [2.45, 2.75) is 36.9 Å². The van der Waals surface area contributed by atoms with E-state index in [0.717, 1.165) is 10.5 Å². The number of nitrogens with zero attached hydrogens (tertiary/aromatic N) is 1. The second-order valence-electron chi connectivity index (χ2n) is 7.84. The monoisotopic (exact) mass is 437 g/mol. The van der Waals surface area contributed by atoms with Crippen LogP contribution in [-0.4, -0.2) is 65.7 Å². The number of amides is 2. The fourth-order valence-corrected chi connectivity index (χ4v) is 4.48. The summed E-state index contributed by atoms with van der Waals surface area (Å²) in [6, 6.07) is 14.9. The highest BCUT2D eigenvalue weighted by Crippen LogP contribution is 2.38. The molecule has 2 aromatic rings. The molecule has 0 saturated carbocycles. The highest BCUT2D eigenvalue weighted by atomic mass is 16.7. The van der Waals surface area contributed by atoms with Crippen LogP contribution in [0.5, 0.6) is 0 Å². The summed E-state index contributed by atoms with van der Waals surface area (Å²) in [4.78, 5) is 27.3. The summed E-state index contributed by atoms with van der Waals surface area (Å²) in [6.45, 7) is 3.98. The van der Waals surface area contributed by atoms with Crippen LogP contribution in [0.25, 0.3) is 0 Å². The second-order valence-corrected chi connectivity index (χ2v) is 7.84. The minimum atomic E-state index is -1.46. The molecule has 0 aromatic heterocycles. The zero-order chi connectivity index (χ0) is 22.2. The first-order chi connectivity index (χ1) is 15.6. The Morgan fingerprint density at radius 3 is 2.34 bits per heavy atom. The van der Waals surface area contributed by atoms with Crippen molar-refractivity contribution < 1.29 is 33.6 Å². The summed E-state index contributed by atoms with van der Waals surface area (Å²) >= 11 is 0. The molecular weight excluding hydrogens is 414 g/mol. The summed E-state index contributed by atoms with van der Waals surface area (Å²) in [5.41, 5.74) is 1.38. The average Bonchev–Trinajstić information content (AvgIpc) is 3.07. The van der Waals surface area contributed by atoms with Crippen LogP contribution < -0.4 is 0 Å². The van der Waals surface area contributed by atoms with Crippen molar-refractivity contribution in [3.63, 3.8) is 0 Å². The Morgan fingerprint density at radius 1 is 1.03 bits per heavy atom. The number of carbonyl (C=O) groups is 2. The topological polar surface area (TPSA) is 94.5 Å². The van der Waals surface area contributed by atoms with Crippen molar-refractivity contribution in [3.05, 3.63) is 83.9 Å². The van der Waals surface area contributed by atoms with E-state index >= 15 is 0 Å². The lowest BCUT2D eigenvalue weighted by atomic mass is 9.94. The molecular formula is C24H23NO7. The van der Waals surface area contributed by atoms with Gasteiger partial charge in [0.2, 0.25) is 0 Å². The Bertz CT molecular complexity index is 991. The highest BCUT2D eigenvalue weighted by molar-refractivity contribution is 6.21. The van der Waals surface area contributed by atoms with Crippen LogP contribution in [0.2, 0.25) is 0 Å². The third-order valence-corrected chi connectivity index (χ3v) is 5.93. The lowest BCUT2D eigenvalue weighted by Gasteiger charge is -2.49. The number of hydrogen-bond acceptors (Lipinski definition) is 7. The van der Waals surface area contributed by atoms with Crippen LogP contribution in [0.4, 0.5) is 0 Å². The Kier molecular flexibility index (Phi) is 5.62. The van der Waals surface area contributed by atoms with Crippen molar-refractivity contribution in [1.82, 2.24) is 4.90 Å². The Morgan fingerprint density at radius 2 is 1.69 bits per heavy atom. The van der Waals surface area contributed by atoms with Gasteiger partial charge in [-0.05, 0) is 12.1 Å². The van der Waals surface area contributed by atoms with Crippen molar-refractivity contribution in [2.75, 3.05) is 13.2 Å². The van der Waals surface area contributed by atoms with Gasteiger partial charge < -0.3 is 24.1 Å². The molecule has 8 nitrogen and oxygen atoms in total. The average molecular weight is 437 g/mol. The van der Waals surface area contributed by atoms with Crippen LogP contribution in [0.1, 0.15) is 32.6 Å². The molecule has 2 saturated heterocycles. The van der Waals surface area contributed by atoms with Gasteiger partial charge in [0.25, 0.3) is 11.8 Å². The van der Waals surface area contributed by atoms with Gasteiger partial charge >= 0.3 is 0 Å². The van der Waals surface area contributed by atoms with Gasteiger partial charge in [0.1, 0.15) is 24.4 Å². The van der Waals surface area contributed by atoms with Crippen LogP contribution in [0.15, 0.2) is 67.3 Å². The molecule has 2 amide bonds. The van der Waals surface area contributed by atoms with Gasteiger partial charge in [0.15, 0.2) is 12.6 Å². The predicted octanol–water partition coefficient (Wildman–Crippen LogP) is 2.05. The molecule has 3 heterocycles. The van der Waals surface area contributed by atoms with E-state index < -0.39 is 48.7 Å². The fourth-order valence-electron chi connectivity index (χ4n) is 4.48. The Hall–Kier alpha value is -2.88. The van der Waals surface area contributed by atoms with Crippen LogP contribution >= 0.6 is 0 Å². The van der Waals surface area contributed by atoms with Gasteiger partial charge in [-0.1, -0.05) is 48.5 Å². The number of imide groups is 1. The summed E-state index contributed by atoms with van der Waals surface area (Å²) in [6.07, 6.45) is -2.75. The number of aliphatic hydroxyl groups is 1. The third kappa shape index (κ3) is 3.46. The lowest BCUT2D eigenvalue weighted by molar-refractivity contribution is -0.346. The third-order valence-electron chi connectivity index (χ3n) is 5.93. The lowest BCUT2D eigenvalue weighted by Crippen LogP contribution is -2.67. The maximum Gasteiger partial charge on any atom is 0.262 e. The maximum atomic E-state index is 13.1. The second kappa shape index (κ2) is 8.57. The van der Waals surface area contributed by atoms with Gasteiger partial charge in [-0.2, -0.15) is 0 Å². The van der Waals surface area contributed by atoms with E-state index in [1.54, 1.807) is 30.3 Å². The van der Waals surface area contributed by atoms with Gasteiger partial charge in [-0.3, -0.25) is 14.5 Å². The summed E-state index contributed by atoms with van der Waals surface area (Å²) in [7, 11) is 0. The molecule has 3 aliphatic rings. The van der Waals surface area contributed by atoms with Gasteiger partial charge in [-0.15, -0.1) is 6.58 Å². The van der Waals surface area contributed by atoms with Crippen LogP contribution in [0, 0.1) is 0 Å². The van der Waals surface area contributed by atoms with E-state index in [4.69, 9.17) is 18.9 Å². The molecule has 2 aromatic carbocycles. The minimum absolute atomic E-state index is 0.139. The summed E-state index contributed by atoms with van der Waals surface area (Å²) in [5, 5.41) is 10.9. The quantitative estimate of drug-likeness (QED) is 0.565. The number of aliphatic hydroxyl groups excluding tert-OH is 1. The van der Waals surface area contributed by atoms with Crippen molar-refractivity contribution >= 4 is 11.8 Å². The highest BCUT2D eigenvalue weighted by Gasteiger charge is 2.56. The van der Waals surface area contributed by atoms with Gasteiger partial charge in [0, 0.05) is 5.56 Å². The number of ether oxygens (including phenoxy) is 4. The molecule has 0 radical (unpaired) electrons. The van der Waals surface area contributed by atoms with E-state index in [1.807, 2.05) is 30.3 Å². The van der Waals surface area contributed by atoms with Crippen LogP contribution in [0.3, 0.4) is 0 Å². The van der Waals surface area contributed by atoms with Crippen molar-refractivity contribution in [3.8, 4) is 0 Å². The molecule has 2 fully saturated rings. The molecule has 32 heavy (non-hydrogen) atoms. The first-order valence-electron chi connectivity index (χ1n) is 10.4. The molecule has 0 aliphatic carbocycles. The van der Waals surface area contributed by atoms with Crippen molar-refractivity contribution in [2.24, 2.45) is 0 Å². The van der Waals surface area contributed by atoms with E-state index in [0.29, 0.717) is 0 Å². The minimum Gasteiger partial charge on any atom is -0.369 e. The molecule has 0 bridgehead atoms. The summed E-state index contributed by atoms with van der Waals surface area (Å²) in [5.74, 6) is -1.01. The molecule has 166 valence electrons. The number of fused-ring (bicyclic) bond motifs is 2. The SMILES string of the molecule is C=CCO[C@H]1[C@@H]2OC(c3ccccc3)OC[C@H]2O[C@@H](O)[C@@H]1N1C(=O)c2ccccc2C1=O.